The first kappa shape index (κ1) is 21.5. The van der Waals surface area contributed by atoms with Crippen molar-refractivity contribution in [1.82, 2.24) is 10.2 Å². The minimum Gasteiger partial charge on any atom is -0.481 e. The maximum Gasteiger partial charge on any atom is 0.407 e. The van der Waals surface area contributed by atoms with Crippen molar-refractivity contribution in [3.05, 3.63) is 59.7 Å². The number of hydrogen-bond acceptors (Lipinski definition) is 4. The lowest BCUT2D eigenvalue weighted by Gasteiger charge is -2.37. The number of rotatable bonds is 6. The number of carboxylic acids is 1. The van der Waals surface area contributed by atoms with E-state index in [1.807, 2.05) is 24.3 Å². The van der Waals surface area contributed by atoms with Gasteiger partial charge < -0.3 is 20.1 Å². The highest BCUT2D eigenvalue weighted by molar-refractivity contribution is 5.81. The Hall–Kier alpha value is -3.35. The number of fused-ring (bicyclic) bond motifs is 3. The Morgan fingerprint density at radius 2 is 1.61 bits per heavy atom. The lowest BCUT2D eigenvalue weighted by molar-refractivity contribution is -0.153. The number of nitrogens with one attached hydrogen (secondary N) is 1. The molecular weight excluding hydrogens is 420 g/mol. The van der Waals surface area contributed by atoms with Crippen LogP contribution in [0.25, 0.3) is 11.1 Å². The van der Waals surface area contributed by atoms with Gasteiger partial charge in [-0.2, -0.15) is 0 Å². The van der Waals surface area contributed by atoms with E-state index >= 15 is 0 Å². The zero-order chi connectivity index (χ0) is 22.9. The lowest BCUT2D eigenvalue weighted by atomic mass is 9.97. The van der Waals surface area contributed by atoms with Crippen molar-refractivity contribution in [3.8, 4) is 11.1 Å². The second kappa shape index (κ2) is 8.89. The number of aliphatic carboxylic acids is 1. The van der Waals surface area contributed by atoms with Gasteiger partial charge >= 0.3 is 12.1 Å². The zero-order valence-corrected chi connectivity index (χ0v) is 18.4. The SMILES string of the molecule is O=C(NC1CCC(CC(=O)N2CC(C(=O)O)C2)C1)OCC1c2ccccc2-c2ccccc21. The van der Waals surface area contributed by atoms with Crippen LogP contribution in [0, 0.1) is 11.8 Å². The number of hydrogen-bond donors (Lipinski definition) is 2. The smallest absolute Gasteiger partial charge is 0.407 e. The van der Waals surface area contributed by atoms with E-state index in [0.717, 1.165) is 19.3 Å². The fourth-order valence-electron chi connectivity index (χ4n) is 5.41. The van der Waals surface area contributed by atoms with Crippen molar-refractivity contribution in [1.29, 1.82) is 0 Å². The number of carbonyl (C=O) groups excluding carboxylic acids is 2. The zero-order valence-electron chi connectivity index (χ0n) is 18.4. The fraction of sp³-hybridized carbons (Fsp3) is 0.423. The van der Waals surface area contributed by atoms with Gasteiger partial charge in [-0.25, -0.2) is 4.79 Å². The Labute approximate surface area is 192 Å². The van der Waals surface area contributed by atoms with Crippen molar-refractivity contribution < 1.29 is 24.2 Å². The van der Waals surface area contributed by atoms with E-state index < -0.39 is 18.0 Å². The third-order valence-corrected chi connectivity index (χ3v) is 7.25. The Morgan fingerprint density at radius 3 is 2.24 bits per heavy atom. The third-order valence-electron chi connectivity index (χ3n) is 7.25. The summed E-state index contributed by atoms with van der Waals surface area (Å²) in [7, 11) is 0. The Bertz CT molecular complexity index is 1030. The molecule has 33 heavy (non-hydrogen) atoms. The first-order valence-corrected chi connectivity index (χ1v) is 11.6. The third kappa shape index (κ3) is 4.32. The number of alkyl carbamates (subject to hydrolysis) is 1. The molecule has 2 aliphatic carbocycles. The quantitative estimate of drug-likeness (QED) is 0.704. The van der Waals surface area contributed by atoms with Gasteiger partial charge in [0.15, 0.2) is 0 Å². The molecule has 1 saturated heterocycles. The summed E-state index contributed by atoms with van der Waals surface area (Å²) in [5.74, 6) is -1.02. The normalized spacial score (nSPS) is 21.8. The molecule has 7 heteroatoms. The first-order chi connectivity index (χ1) is 16.0. The van der Waals surface area contributed by atoms with Crippen LogP contribution in [0.4, 0.5) is 4.79 Å². The first-order valence-electron chi connectivity index (χ1n) is 11.6. The summed E-state index contributed by atoms with van der Waals surface area (Å²) in [4.78, 5) is 37.4. The molecule has 0 spiro atoms. The molecular formula is C26H28N2O5. The monoisotopic (exact) mass is 448 g/mol. The van der Waals surface area contributed by atoms with Gasteiger partial charge in [-0.3, -0.25) is 9.59 Å². The number of benzene rings is 2. The summed E-state index contributed by atoms with van der Waals surface area (Å²) >= 11 is 0. The van der Waals surface area contributed by atoms with Gasteiger partial charge in [0.25, 0.3) is 0 Å². The topological polar surface area (TPSA) is 95.9 Å². The van der Waals surface area contributed by atoms with Gasteiger partial charge in [0.05, 0.1) is 5.92 Å². The number of carbonyl (C=O) groups is 3. The molecule has 7 nitrogen and oxygen atoms in total. The predicted octanol–water partition coefficient (Wildman–Crippen LogP) is 3.63. The van der Waals surface area contributed by atoms with Crippen molar-refractivity contribution >= 4 is 18.0 Å². The molecule has 1 heterocycles. The van der Waals surface area contributed by atoms with Gasteiger partial charge in [0.2, 0.25) is 5.91 Å². The molecule has 1 aliphatic heterocycles. The minimum atomic E-state index is -0.840. The molecule has 5 rings (SSSR count). The molecule has 3 aliphatic rings. The van der Waals surface area contributed by atoms with E-state index in [-0.39, 0.29) is 30.4 Å². The standard InChI is InChI=1S/C26H28N2O5/c29-24(28-13-17(14-28)25(30)31)12-16-9-10-18(11-16)27-26(32)33-15-23-21-7-3-1-5-19(21)20-6-2-4-8-22(20)23/h1-8,16-18,23H,9-15H2,(H,27,32)(H,30,31). The Morgan fingerprint density at radius 1 is 0.970 bits per heavy atom. The summed E-state index contributed by atoms with van der Waals surface area (Å²) in [6.45, 7) is 0.902. The summed E-state index contributed by atoms with van der Waals surface area (Å²) in [5, 5.41) is 11.9. The minimum absolute atomic E-state index is 0.00149. The molecule has 2 N–H and O–H groups in total. The van der Waals surface area contributed by atoms with Gasteiger partial charge in [0.1, 0.15) is 6.61 Å². The molecule has 0 aromatic heterocycles. The van der Waals surface area contributed by atoms with Crippen LogP contribution in [0.2, 0.25) is 0 Å². The molecule has 172 valence electrons. The molecule has 1 saturated carbocycles. The summed E-state index contributed by atoms with van der Waals surface area (Å²) in [5.41, 5.74) is 4.76. The highest BCUT2D eigenvalue weighted by Crippen LogP contribution is 2.44. The van der Waals surface area contributed by atoms with Crippen molar-refractivity contribution in [3.63, 3.8) is 0 Å². The van der Waals surface area contributed by atoms with Crippen molar-refractivity contribution in [2.45, 2.75) is 37.6 Å². The van der Waals surface area contributed by atoms with E-state index in [2.05, 4.69) is 29.6 Å². The lowest BCUT2D eigenvalue weighted by Crippen LogP contribution is -2.53. The number of amides is 2. The maximum atomic E-state index is 12.5. The van der Waals surface area contributed by atoms with Crippen LogP contribution in [0.5, 0.6) is 0 Å². The Kier molecular flexibility index (Phi) is 5.79. The van der Waals surface area contributed by atoms with E-state index in [4.69, 9.17) is 9.84 Å². The van der Waals surface area contributed by atoms with Crippen LogP contribution >= 0.6 is 0 Å². The summed E-state index contributed by atoms with van der Waals surface area (Å²) < 4.78 is 5.64. The van der Waals surface area contributed by atoms with Crippen LogP contribution in [0.3, 0.4) is 0 Å². The Balaban J connectivity index is 1.10. The number of ether oxygens (including phenoxy) is 1. The van der Waals surface area contributed by atoms with Crippen LogP contribution in [-0.2, 0) is 14.3 Å². The van der Waals surface area contributed by atoms with Crippen LogP contribution in [0.15, 0.2) is 48.5 Å². The second-order valence-electron chi connectivity index (χ2n) is 9.38. The van der Waals surface area contributed by atoms with E-state index in [9.17, 15) is 14.4 Å². The van der Waals surface area contributed by atoms with Gasteiger partial charge in [-0.05, 0) is 47.4 Å². The second-order valence-corrected chi connectivity index (χ2v) is 9.38. The fourth-order valence-corrected chi connectivity index (χ4v) is 5.41. The van der Waals surface area contributed by atoms with Gasteiger partial charge in [-0.15, -0.1) is 0 Å². The highest BCUT2D eigenvalue weighted by Gasteiger charge is 2.37. The van der Waals surface area contributed by atoms with Crippen molar-refractivity contribution in [2.75, 3.05) is 19.7 Å². The molecule has 2 fully saturated rings. The maximum absolute atomic E-state index is 12.5. The molecule has 2 aromatic carbocycles. The molecule has 2 unspecified atom stereocenters. The van der Waals surface area contributed by atoms with Gasteiger partial charge in [-0.1, -0.05) is 48.5 Å². The average molecular weight is 449 g/mol. The number of carboxylic acid groups (broad SMARTS) is 1. The van der Waals surface area contributed by atoms with Crippen LogP contribution in [-0.4, -0.2) is 53.7 Å². The van der Waals surface area contributed by atoms with Crippen LogP contribution in [0.1, 0.15) is 42.7 Å². The largest absolute Gasteiger partial charge is 0.481 e. The van der Waals surface area contributed by atoms with E-state index in [0.29, 0.717) is 19.5 Å². The predicted molar refractivity (Wildman–Crippen MR) is 122 cm³/mol. The van der Waals surface area contributed by atoms with E-state index in [1.165, 1.54) is 22.3 Å². The molecule has 0 radical (unpaired) electrons. The van der Waals surface area contributed by atoms with Crippen LogP contribution < -0.4 is 5.32 Å². The summed E-state index contributed by atoms with van der Waals surface area (Å²) in [6.07, 6.45) is 2.43. The van der Waals surface area contributed by atoms with Gasteiger partial charge in [0, 0.05) is 31.5 Å². The molecule has 2 atom stereocenters. The van der Waals surface area contributed by atoms with Crippen molar-refractivity contribution in [2.24, 2.45) is 11.8 Å². The number of likely N-dealkylation sites (tertiary alicyclic amines) is 1. The average Bonchev–Trinajstić information content (AvgIpc) is 3.33. The molecule has 2 amide bonds. The molecule has 2 aromatic rings. The molecule has 0 bridgehead atoms. The summed E-state index contributed by atoms with van der Waals surface area (Å²) in [6, 6.07) is 16.5. The van der Waals surface area contributed by atoms with E-state index in [1.54, 1.807) is 4.90 Å². The number of nitrogens with zero attached hydrogens (tertiary/aromatic N) is 1. The highest BCUT2D eigenvalue weighted by atomic mass is 16.5.